The van der Waals surface area contributed by atoms with Crippen LogP contribution in [0.4, 0.5) is 4.39 Å². The molecule has 0 saturated carbocycles. The molecular formula is C17H22FN3O2. The molecule has 3 rings (SSSR count). The molecule has 1 aliphatic rings. The molecule has 1 aromatic carbocycles. The van der Waals surface area contributed by atoms with Gasteiger partial charge in [-0.1, -0.05) is 6.07 Å². The SMILES string of the molecule is CC(O)C1CCCN(C(=O)CCc2nc3c(F)cccc3[nH]2)C1. The third kappa shape index (κ3) is 3.52. The topological polar surface area (TPSA) is 69.2 Å². The van der Waals surface area contributed by atoms with Crippen LogP contribution in [0.5, 0.6) is 0 Å². The van der Waals surface area contributed by atoms with E-state index in [2.05, 4.69) is 9.97 Å². The van der Waals surface area contributed by atoms with Crippen LogP contribution in [-0.4, -0.2) is 45.1 Å². The van der Waals surface area contributed by atoms with Crippen LogP contribution in [0, 0.1) is 11.7 Å². The van der Waals surface area contributed by atoms with E-state index in [0.717, 1.165) is 19.4 Å². The molecule has 0 aliphatic carbocycles. The normalized spacial score (nSPS) is 20.0. The van der Waals surface area contributed by atoms with Gasteiger partial charge >= 0.3 is 0 Å². The summed E-state index contributed by atoms with van der Waals surface area (Å²) in [4.78, 5) is 21.5. The van der Waals surface area contributed by atoms with E-state index in [1.54, 1.807) is 19.1 Å². The van der Waals surface area contributed by atoms with Crippen molar-refractivity contribution in [3.05, 3.63) is 29.8 Å². The first-order valence-electron chi connectivity index (χ1n) is 8.13. The molecule has 2 unspecified atom stereocenters. The highest BCUT2D eigenvalue weighted by molar-refractivity contribution is 5.77. The molecule has 0 radical (unpaired) electrons. The van der Waals surface area contributed by atoms with Crippen LogP contribution in [0.3, 0.4) is 0 Å². The van der Waals surface area contributed by atoms with Crippen molar-refractivity contribution in [2.24, 2.45) is 5.92 Å². The van der Waals surface area contributed by atoms with Gasteiger partial charge in [0.25, 0.3) is 0 Å². The fourth-order valence-corrected chi connectivity index (χ4v) is 3.18. The molecule has 124 valence electrons. The summed E-state index contributed by atoms with van der Waals surface area (Å²) in [6.07, 6.45) is 2.31. The Balaban J connectivity index is 1.60. The highest BCUT2D eigenvalue weighted by Gasteiger charge is 2.26. The van der Waals surface area contributed by atoms with Crippen LogP contribution in [0.2, 0.25) is 0 Å². The second-order valence-corrected chi connectivity index (χ2v) is 6.30. The van der Waals surface area contributed by atoms with Gasteiger partial charge in [0.1, 0.15) is 11.3 Å². The van der Waals surface area contributed by atoms with E-state index < -0.39 is 0 Å². The molecule has 2 heterocycles. The Bertz CT molecular complexity index is 698. The number of piperidine rings is 1. The molecule has 2 aromatic rings. The number of para-hydroxylation sites is 1. The van der Waals surface area contributed by atoms with Crippen LogP contribution in [0.25, 0.3) is 11.0 Å². The molecule has 1 aromatic heterocycles. The number of aliphatic hydroxyl groups excluding tert-OH is 1. The van der Waals surface area contributed by atoms with Crippen molar-refractivity contribution < 1.29 is 14.3 Å². The van der Waals surface area contributed by atoms with Crippen LogP contribution >= 0.6 is 0 Å². The first kappa shape index (κ1) is 15.9. The maximum atomic E-state index is 13.6. The first-order valence-corrected chi connectivity index (χ1v) is 8.13. The second kappa shape index (κ2) is 6.66. The lowest BCUT2D eigenvalue weighted by atomic mass is 9.93. The summed E-state index contributed by atoms with van der Waals surface area (Å²) >= 11 is 0. The van der Waals surface area contributed by atoms with Crippen molar-refractivity contribution in [1.82, 2.24) is 14.9 Å². The molecule has 0 spiro atoms. The van der Waals surface area contributed by atoms with Gasteiger partial charge in [-0.15, -0.1) is 0 Å². The number of likely N-dealkylation sites (tertiary alicyclic amines) is 1. The van der Waals surface area contributed by atoms with Gasteiger partial charge in [0.15, 0.2) is 5.82 Å². The Morgan fingerprint density at radius 3 is 3.13 bits per heavy atom. The number of amides is 1. The van der Waals surface area contributed by atoms with Gasteiger partial charge in [0.2, 0.25) is 5.91 Å². The number of benzene rings is 1. The summed E-state index contributed by atoms with van der Waals surface area (Å²) < 4.78 is 13.6. The number of nitrogens with zero attached hydrogens (tertiary/aromatic N) is 2. The number of aryl methyl sites for hydroxylation is 1. The highest BCUT2D eigenvalue weighted by Crippen LogP contribution is 2.21. The van der Waals surface area contributed by atoms with Crippen LogP contribution in [0.1, 0.15) is 32.0 Å². The van der Waals surface area contributed by atoms with E-state index in [4.69, 9.17) is 0 Å². The zero-order chi connectivity index (χ0) is 16.4. The lowest BCUT2D eigenvalue weighted by molar-refractivity contribution is -0.133. The predicted octanol–water partition coefficient (Wildman–Crippen LogP) is 2.25. The summed E-state index contributed by atoms with van der Waals surface area (Å²) in [5.41, 5.74) is 0.974. The van der Waals surface area contributed by atoms with E-state index in [-0.39, 0.29) is 23.7 Å². The second-order valence-electron chi connectivity index (χ2n) is 6.30. The zero-order valence-corrected chi connectivity index (χ0v) is 13.3. The largest absolute Gasteiger partial charge is 0.393 e. The van der Waals surface area contributed by atoms with Gasteiger partial charge in [0, 0.05) is 31.8 Å². The molecule has 5 nitrogen and oxygen atoms in total. The van der Waals surface area contributed by atoms with Crippen LogP contribution < -0.4 is 0 Å². The standard InChI is InChI=1S/C17H22FN3O2/c1-11(22)12-4-3-9-21(10-12)16(23)8-7-15-19-14-6-2-5-13(18)17(14)20-15/h2,5-6,11-12,22H,3-4,7-10H2,1H3,(H,19,20). The Morgan fingerprint density at radius 1 is 1.57 bits per heavy atom. The summed E-state index contributed by atoms with van der Waals surface area (Å²) in [5, 5.41) is 9.70. The van der Waals surface area contributed by atoms with E-state index in [1.165, 1.54) is 6.07 Å². The van der Waals surface area contributed by atoms with E-state index in [9.17, 15) is 14.3 Å². The molecule has 1 aliphatic heterocycles. The lowest BCUT2D eigenvalue weighted by Gasteiger charge is -2.34. The van der Waals surface area contributed by atoms with Crippen molar-refractivity contribution in [3.8, 4) is 0 Å². The molecule has 1 fully saturated rings. The average molecular weight is 319 g/mol. The van der Waals surface area contributed by atoms with Crippen molar-refractivity contribution in [3.63, 3.8) is 0 Å². The molecule has 2 atom stereocenters. The zero-order valence-electron chi connectivity index (χ0n) is 13.3. The minimum atomic E-state index is -0.385. The number of H-pyrrole nitrogens is 1. The number of aliphatic hydroxyl groups is 1. The van der Waals surface area contributed by atoms with E-state index in [1.807, 2.05) is 4.90 Å². The number of carbonyl (C=O) groups is 1. The van der Waals surface area contributed by atoms with Gasteiger partial charge in [-0.2, -0.15) is 0 Å². The predicted molar refractivity (Wildman–Crippen MR) is 85.4 cm³/mol. The number of halogens is 1. The third-order valence-corrected chi connectivity index (χ3v) is 4.58. The molecular weight excluding hydrogens is 297 g/mol. The minimum Gasteiger partial charge on any atom is -0.393 e. The number of rotatable bonds is 4. The molecule has 1 amide bonds. The first-order chi connectivity index (χ1) is 11.0. The number of aromatic amines is 1. The fraction of sp³-hybridized carbons (Fsp3) is 0.529. The minimum absolute atomic E-state index is 0.0660. The monoisotopic (exact) mass is 319 g/mol. The van der Waals surface area contributed by atoms with Crippen LogP contribution in [-0.2, 0) is 11.2 Å². The smallest absolute Gasteiger partial charge is 0.223 e. The maximum absolute atomic E-state index is 13.6. The third-order valence-electron chi connectivity index (χ3n) is 4.58. The molecule has 1 saturated heterocycles. The van der Waals surface area contributed by atoms with Crippen LogP contribution in [0.15, 0.2) is 18.2 Å². The van der Waals surface area contributed by atoms with Crippen molar-refractivity contribution in [1.29, 1.82) is 0 Å². The van der Waals surface area contributed by atoms with Gasteiger partial charge in [0.05, 0.1) is 11.6 Å². The highest BCUT2D eigenvalue weighted by atomic mass is 19.1. The van der Waals surface area contributed by atoms with Crippen molar-refractivity contribution in [2.75, 3.05) is 13.1 Å². The molecule has 23 heavy (non-hydrogen) atoms. The molecule has 0 bridgehead atoms. The number of hydrogen-bond acceptors (Lipinski definition) is 3. The summed E-state index contributed by atoms with van der Waals surface area (Å²) in [5.74, 6) is 0.499. The van der Waals surface area contributed by atoms with Crippen molar-refractivity contribution in [2.45, 2.75) is 38.7 Å². The number of carbonyl (C=O) groups excluding carboxylic acids is 1. The number of hydrogen-bond donors (Lipinski definition) is 2. The molecule has 2 N–H and O–H groups in total. The Hall–Kier alpha value is -1.95. The van der Waals surface area contributed by atoms with E-state index >= 15 is 0 Å². The van der Waals surface area contributed by atoms with Gasteiger partial charge in [-0.3, -0.25) is 4.79 Å². The summed E-state index contributed by atoms with van der Waals surface area (Å²) in [6.45, 7) is 3.14. The van der Waals surface area contributed by atoms with Crippen molar-refractivity contribution >= 4 is 16.9 Å². The fourth-order valence-electron chi connectivity index (χ4n) is 3.18. The Morgan fingerprint density at radius 2 is 2.39 bits per heavy atom. The Labute approximate surface area is 134 Å². The lowest BCUT2D eigenvalue weighted by Crippen LogP contribution is -2.43. The summed E-state index contributed by atoms with van der Waals surface area (Å²) in [6, 6.07) is 4.78. The quantitative estimate of drug-likeness (QED) is 0.908. The van der Waals surface area contributed by atoms with Gasteiger partial charge in [-0.25, -0.2) is 9.37 Å². The van der Waals surface area contributed by atoms with Gasteiger partial charge < -0.3 is 15.0 Å². The number of imidazole rings is 1. The number of nitrogens with one attached hydrogen (secondary N) is 1. The maximum Gasteiger partial charge on any atom is 0.223 e. The van der Waals surface area contributed by atoms with Gasteiger partial charge in [-0.05, 0) is 31.9 Å². The number of aromatic nitrogens is 2. The Kier molecular flexibility index (Phi) is 4.61. The number of fused-ring (bicyclic) bond motifs is 1. The van der Waals surface area contributed by atoms with E-state index in [0.29, 0.717) is 36.2 Å². The average Bonchev–Trinajstić information content (AvgIpc) is 2.97. The summed E-state index contributed by atoms with van der Waals surface area (Å²) in [7, 11) is 0. The molecule has 6 heteroatoms.